The van der Waals surface area contributed by atoms with E-state index in [0.717, 1.165) is 10.7 Å². The van der Waals surface area contributed by atoms with Crippen LogP contribution in [0.15, 0.2) is 41.2 Å². The maximum atomic E-state index is 14.4. The molecular formula is C17H13ClFN3O4. The number of fused-ring (bicyclic) bond motifs is 1. The van der Waals surface area contributed by atoms with Crippen LogP contribution in [0.3, 0.4) is 0 Å². The Bertz CT molecular complexity index is 1040. The number of halogens is 2. The number of hydrogen-bond acceptors (Lipinski definition) is 6. The summed E-state index contributed by atoms with van der Waals surface area (Å²) < 4.78 is 25.2. The molecule has 0 unspecified atom stereocenters. The molecule has 1 heterocycles. The van der Waals surface area contributed by atoms with Gasteiger partial charge in [0.15, 0.2) is 12.4 Å². The molecule has 2 aromatic carbocycles. The summed E-state index contributed by atoms with van der Waals surface area (Å²) in [7, 11) is 0. The minimum atomic E-state index is -0.787. The van der Waals surface area contributed by atoms with Gasteiger partial charge in [-0.15, -0.1) is 5.10 Å². The van der Waals surface area contributed by atoms with E-state index in [1.54, 1.807) is 31.2 Å². The lowest BCUT2D eigenvalue weighted by molar-refractivity contribution is -0.145. The van der Waals surface area contributed by atoms with Gasteiger partial charge in [-0.1, -0.05) is 28.9 Å². The van der Waals surface area contributed by atoms with E-state index < -0.39 is 24.0 Å². The number of carbonyl (C=O) groups is 1. The summed E-state index contributed by atoms with van der Waals surface area (Å²) in [6.07, 6.45) is 0. The van der Waals surface area contributed by atoms with Gasteiger partial charge in [-0.2, -0.15) is 4.68 Å². The fraction of sp³-hybridized carbons (Fsp3) is 0.176. The number of esters is 1. The highest BCUT2D eigenvalue weighted by molar-refractivity contribution is 6.32. The standard InChI is InChI=1S/C17H13ClFN3O4/c1-2-25-16(23)9-26-15-8-14(12(19)7-11(15)18)22-17(24)10-5-3-4-6-13(10)20-21-22/h3-8H,2,9H2,1H3. The highest BCUT2D eigenvalue weighted by Gasteiger charge is 2.16. The van der Waals surface area contributed by atoms with Crippen molar-refractivity contribution < 1.29 is 18.7 Å². The second-order valence-electron chi connectivity index (χ2n) is 5.15. The molecule has 0 aliphatic rings. The number of hydrogen-bond donors (Lipinski definition) is 0. The average molecular weight is 378 g/mol. The lowest BCUT2D eigenvalue weighted by Crippen LogP contribution is -2.23. The van der Waals surface area contributed by atoms with Crippen LogP contribution in [0.5, 0.6) is 5.75 Å². The van der Waals surface area contributed by atoms with Crippen molar-refractivity contribution >= 4 is 28.5 Å². The van der Waals surface area contributed by atoms with Crippen molar-refractivity contribution in [3.8, 4) is 11.4 Å². The first-order chi connectivity index (χ1) is 12.5. The Morgan fingerprint density at radius 3 is 2.85 bits per heavy atom. The summed E-state index contributed by atoms with van der Waals surface area (Å²) in [6, 6.07) is 8.73. The molecule has 0 spiro atoms. The van der Waals surface area contributed by atoms with Crippen LogP contribution in [-0.4, -0.2) is 34.2 Å². The summed E-state index contributed by atoms with van der Waals surface area (Å²) >= 11 is 5.94. The van der Waals surface area contributed by atoms with E-state index in [-0.39, 0.29) is 28.5 Å². The lowest BCUT2D eigenvalue weighted by Gasteiger charge is -2.11. The maximum Gasteiger partial charge on any atom is 0.344 e. The Kier molecular flexibility index (Phi) is 5.13. The quantitative estimate of drug-likeness (QED) is 0.635. The van der Waals surface area contributed by atoms with E-state index in [2.05, 4.69) is 10.3 Å². The van der Waals surface area contributed by atoms with E-state index in [9.17, 15) is 14.0 Å². The Balaban J connectivity index is 2.03. The third kappa shape index (κ3) is 3.50. The molecule has 9 heteroatoms. The van der Waals surface area contributed by atoms with E-state index in [4.69, 9.17) is 21.1 Å². The number of ether oxygens (including phenoxy) is 2. The second kappa shape index (κ2) is 7.49. The van der Waals surface area contributed by atoms with Gasteiger partial charge in [-0.05, 0) is 25.1 Å². The minimum Gasteiger partial charge on any atom is -0.480 e. The molecule has 0 aliphatic heterocycles. The maximum absolute atomic E-state index is 14.4. The average Bonchev–Trinajstić information content (AvgIpc) is 2.62. The molecule has 3 aromatic rings. The Morgan fingerprint density at radius 1 is 1.31 bits per heavy atom. The SMILES string of the molecule is CCOC(=O)COc1cc(-n2nnc3ccccc3c2=O)c(F)cc1Cl. The van der Waals surface area contributed by atoms with Crippen molar-refractivity contribution in [1.82, 2.24) is 15.0 Å². The highest BCUT2D eigenvalue weighted by Crippen LogP contribution is 2.29. The fourth-order valence-electron chi connectivity index (χ4n) is 2.28. The molecule has 134 valence electrons. The van der Waals surface area contributed by atoms with E-state index in [0.29, 0.717) is 5.52 Å². The molecule has 0 N–H and O–H groups in total. The molecule has 0 fully saturated rings. The summed E-state index contributed by atoms with van der Waals surface area (Å²) in [5, 5.41) is 7.89. The molecule has 0 aliphatic carbocycles. The molecule has 0 amide bonds. The van der Waals surface area contributed by atoms with Crippen molar-refractivity contribution in [3.63, 3.8) is 0 Å². The van der Waals surface area contributed by atoms with Gasteiger partial charge in [0.2, 0.25) is 0 Å². The van der Waals surface area contributed by atoms with Gasteiger partial charge in [0.05, 0.1) is 17.0 Å². The van der Waals surface area contributed by atoms with Gasteiger partial charge in [-0.3, -0.25) is 4.79 Å². The van der Waals surface area contributed by atoms with Crippen molar-refractivity contribution in [1.29, 1.82) is 0 Å². The summed E-state index contributed by atoms with van der Waals surface area (Å²) in [4.78, 5) is 24.0. The third-order valence-corrected chi connectivity index (χ3v) is 3.74. The fourth-order valence-corrected chi connectivity index (χ4v) is 2.48. The highest BCUT2D eigenvalue weighted by atomic mass is 35.5. The molecule has 1 aromatic heterocycles. The van der Waals surface area contributed by atoms with E-state index in [1.165, 1.54) is 6.07 Å². The Labute approximate surface area is 151 Å². The predicted molar refractivity (Wildman–Crippen MR) is 92.2 cm³/mol. The zero-order valence-corrected chi connectivity index (χ0v) is 14.4. The van der Waals surface area contributed by atoms with Gasteiger partial charge < -0.3 is 9.47 Å². The van der Waals surface area contributed by atoms with Gasteiger partial charge in [0.25, 0.3) is 5.56 Å². The predicted octanol–water partition coefficient (Wildman–Crippen LogP) is 2.52. The van der Waals surface area contributed by atoms with Crippen molar-refractivity contribution in [3.05, 3.63) is 57.6 Å². The van der Waals surface area contributed by atoms with Gasteiger partial charge in [0, 0.05) is 6.07 Å². The second-order valence-corrected chi connectivity index (χ2v) is 5.56. The normalized spacial score (nSPS) is 10.7. The van der Waals surface area contributed by atoms with Crippen LogP contribution in [0.1, 0.15) is 6.92 Å². The van der Waals surface area contributed by atoms with Crippen molar-refractivity contribution in [2.75, 3.05) is 13.2 Å². The van der Waals surface area contributed by atoms with Crippen molar-refractivity contribution in [2.24, 2.45) is 0 Å². The molecular weight excluding hydrogens is 365 g/mol. The van der Waals surface area contributed by atoms with Crippen LogP contribution in [0.2, 0.25) is 5.02 Å². The molecule has 0 atom stereocenters. The van der Waals surface area contributed by atoms with Crippen LogP contribution < -0.4 is 10.3 Å². The Morgan fingerprint density at radius 2 is 2.08 bits per heavy atom. The van der Waals surface area contributed by atoms with Crippen LogP contribution in [0.4, 0.5) is 4.39 Å². The van der Waals surface area contributed by atoms with E-state index in [1.807, 2.05) is 0 Å². The number of rotatable bonds is 5. The first kappa shape index (κ1) is 17.8. The largest absolute Gasteiger partial charge is 0.480 e. The molecule has 0 radical (unpaired) electrons. The van der Waals surface area contributed by atoms with E-state index >= 15 is 0 Å². The molecule has 7 nitrogen and oxygen atoms in total. The van der Waals surface area contributed by atoms with Crippen LogP contribution >= 0.6 is 11.6 Å². The lowest BCUT2D eigenvalue weighted by atomic mass is 10.2. The summed E-state index contributed by atoms with van der Waals surface area (Å²) in [5.41, 5.74) is -0.355. The number of carbonyl (C=O) groups excluding carboxylic acids is 1. The molecule has 0 saturated heterocycles. The van der Waals surface area contributed by atoms with Gasteiger partial charge in [0.1, 0.15) is 17.0 Å². The zero-order valence-electron chi connectivity index (χ0n) is 13.6. The van der Waals surface area contributed by atoms with Crippen LogP contribution in [0.25, 0.3) is 16.6 Å². The number of aromatic nitrogens is 3. The summed E-state index contributed by atoms with van der Waals surface area (Å²) in [6.45, 7) is 1.45. The molecule has 0 bridgehead atoms. The first-order valence-corrected chi connectivity index (χ1v) is 8.01. The Hall–Kier alpha value is -3.00. The topological polar surface area (TPSA) is 83.3 Å². The third-order valence-electron chi connectivity index (χ3n) is 3.45. The van der Waals surface area contributed by atoms with Gasteiger partial charge >= 0.3 is 5.97 Å². The molecule has 26 heavy (non-hydrogen) atoms. The zero-order chi connectivity index (χ0) is 18.7. The smallest absolute Gasteiger partial charge is 0.344 e. The number of benzene rings is 2. The monoisotopic (exact) mass is 377 g/mol. The van der Waals surface area contributed by atoms with Gasteiger partial charge in [-0.25, -0.2) is 9.18 Å². The number of nitrogens with zero attached hydrogens (tertiary/aromatic N) is 3. The van der Waals surface area contributed by atoms with Crippen LogP contribution in [0, 0.1) is 5.82 Å². The summed E-state index contributed by atoms with van der Waals surface area (Å²) in [5.74, 6) is -1.37. The minimum absolute atomic E-state index is 0.0120. The van der Waals surface area contributed by atoms with Crippen LogP contribution in [-0.2, 0) is 9.53 Å². The first-order valence-electron chi connectivity index (χ1n) is 7.64. The molecule has 0 saturated carbocycles. The van der Waals surface area contributed by atoms with Crippen molar-refractivity contribution in [2.45, 2.75) is 6.92 Å². The molecule has 3 rings (SSSR count).